The second-order valence-corrected chi connectivity index (χ2v) is 8.19. The molecule has 5 nitrogen and oxygen atoms in total. The van der Waals surface area contributed by atoms with E-state index in [1.54, 1.807) is 18.2 Å². The van der Waals surface area contributed by atoms with E-state index < -0.39 is 10.0 Å². The summed E-state index contributed by atoms with van der Waals surface area (Å²) >= 11 is 3.29. The number of hydrogen-bond acceptors (Lipinski definition) is 4. The minimum atomic E-state index is -3.54. The maximum Gasteiger partial charge on any atom is 0.245 e. The number of nitrogens with two attached hydrogens (primary N) is 1. The molecule has 0 amide bonds. The van der Waals surface area contributed by atoms with Crippen LogP contribution in [-0.2, 0) is 10.0 Å². The molecule has 2 rings (SSSR count). The summed E-state index contributed by atoms with van der Waals surface area (Å²) in [6.45, 7) is 5.03. The third-order valence-electron chi connectivity index (χ3n) is 3.92. The van der Waals surface area contributed by atoms with Crippen molar-refractivity contribution in [3.8, 4) is 0 Å². The number of anilines is 1. The molecule has 1 aromatic carbocycles. The number of likely N-dealkylation sites (N-methyl/N-ethyl adjacent to an activating group) is 1. The molecule has 0 radical (unpaired) electrons. The van der Waals surface area contributed by atoms with Gasteiger partial charge in [-0.1, -0.05) is 15.9 Å². The molecule has 0 bridgehead atoms. The van der Waals surface area contributed by atoms with Gasteiger partial charge in [0.15, 0.2) is 0 Å². The Kier molecular flexibility index (Phi) is 4.44. The lowest BCUT2D eigenvalue weighted by atomic mass is 10.1. The van der Waals surface area contributed by atoms with Crippen LogP contribution in [0.5, 0.6) is 0 Å². The first kappa shape index (κ1) is 15.8. The Morgan fingerprint density at radius 2 is 1.80 bits per heavy atom. The Hall–Kier alpha value is -0.630. The standard InChI is InChI=1S/C13H20BrN3O2S/c1-9-7-17(8-10(2)16(9)3)20(18,19)13-5-4-11(14)6-12(13)15/h4-6,9-10H,7-8,15H2,1-3H3. The lowest BCUT2D eigenvalue weighted by molar-refractivity contribution is 0.105. The molecule has 0 aliphatic carbocycles. The second kappa shape index (κ2) is 5.63. The summed E-state index contributed by atoms with van der Waals surface area (Å²) in [6, 6.07) is 5.25. The van der Waals surface area contributed by atoms with Crippen molar-refractivity contribution in [2.24, 2.45) is 0 Å². The molecule has 2 N–H and O–H groups in total. The van der Waals surface area contributed by atoms with Gasteiger partial charge in [0.25, 0.3) is 0 Å². The van der Waals surface area contributed by atoms with Gasteiger partial charge in [-0.2, -0.15) is 4.31 Å². The number of nitrogens with zero attached hydrogens (tertiary/aromatic N) is 2. The van der Waals surface area contributed by atoms with E-state index in [-0.39, 0.29) is 22.7 Å². The van der Waals surface area contributed by atoms with Gasteiger partial charge < -0.3 is 5.73 Å². The topological polar surface area (TPSA) is 66.6 Å². The highest BCUT2D eigenvalue weighted by molar-refractivity contribution is 9.10. The molecule has 0 aromatic heterocycles. The zero-order chi connectivity index (χ0) is 15.1. The monoisotopic (exact) mass is 361 g/mol. The number of rotatable bonds is 2. The van der Waals surface area contributed by atoms with Gasteiger partial charge in [0.1, 0.15) is 4.90 Å². The minimum Gasteiger partial charge on any atom is -0.398 e. The Bertz CT molecular complexity index is 594. The van der Waals surface area contributed by atoms with E-state index in [1.165, 1.54) is 4.31 Å². The van der Waals surface area contributed by atoms with E-state index in [0.29, 0.717) is 13.1 Å². The van der Waals surface area contributed by atoms with Crippen molar-refractivity contribution >= 4 is 31.6 Å². The molecule has 2 unspecified atom stereocenters. The maximum absolute atomic E-state index is 12.7. The molecule has 1 aromatic rings. The summed E-state index contributed by atoms with van der Waals surface area (Å²) < 4.78 is 27.8. The average molecular weight is 362 g/mol. The zero-order valence-corrected chi connectivity index (χ0v) is 14.3. The smallest absolute Gasteiger partial charge is 0.245 e. The predicted octanol–water partition coefficient (Wildman–Crippen LogP) is 1.74. The van der Waals surface area contributed by atoms with Crippen LogP contribution in [0.1, 0.15) is 13.8 Å². The van der Waals surface area contributed by atoms with Gasteiger partial charge in [0, 0.05) is 29.6 Å². The molecule has 1 aliphatic heterocycles. The van der Waals surface area contributed by atoms with E-state index in [9.17, 15) is 8.42 Å². The fourth-order valence-electron chi connectivity index (χ4n) is 2.45. The Morgan fingerprint density at radius 3 is 2.30 bits per heavy atom. The highest BCUT2D eigenvalue weighted by Gasteiger charge is 2.35. The number of sulfonamides is 1. The number of halogens is 1. The molecular formula is C13H20BrN3O2S. The van der Waals surface area contributed by atoms with E-state index in [0.717, 1.165) is 4.47 Å². The van der Waals surface area contributed by atoms with Crippen LogP contribution in [-0.4, -0.2) is 49.8 Å². The van der Waals surface area contributed by atoms with Gasteiger partial charge >= 0.3 is 0 Å². The average Bonchev–Trinajstić information content (AvgIpc) is 2.34. The summed E-state index contributed by atoms with van der Waals surface area (Å²) in [7, 11) is -1.52. The van der Waals surface area contributed by atoms with E-state index in [1.807, 2.05) is 20.9 Å². The lowest BCUT2D eigenvalue weighted by Crippen LogP contribution is -2.56. The molecule has 0 spiro atoms. The molecule has 1 aliphatic rings. The Labute approximate surface area is 128 Å². The van der Waals surface area contributed by atoms with Crippen LogP contribution in [0.15, 0.2) is 27.6 Å². The third kappa shape index (κ3) is 2.86. The van der Waals surface area contributed by atoms with Crippen LogP contribution in [0.3, 0.4) is 0 Å². The fraction of sp³-hybridized carbons (Fsp3) is 0.538. The fourth-order valence-corrected chi connectivity index (χ4v) is 4.52. The summed E-state index contributed by atoms with van der Waals surface area (Å²) in [5.74, 6) is 0. The lowest BCUT2D eigenvalue weighted by Gasteiger charge is -2.41. The van der Waals surface area contributed by atoms with Gasteiger partial charge in [-0.05, 0) is 39.1 Å². The molecular weight excluding hydrogens is 342 g/mol. The molecule has 20 heavy (non-hydrogen) atoms. The van der Waals surface area contributed by atoms with E-state index >= 15 is 0 Å². The summed E-state index contributed by atoms with van der Waals surface area (Å²) in [5, 5.41) is 0. The van der Waals surface area contributed by atoms with Gasteiger partial charge in [0.2, 0.25) is 10.0 Å². The molecule has 0 saturated carbocycles. The molecule has 1 saturated heterocycles. The molecule has 2 atom stereocenters. The van der Waals surface area contributed by atoms with Crippen molar-refractivity contribution in [3.63, 3.8) is 0 Å². The quantitative estimate of drug-likeness (QED) is 0.814. The van der Waals surface area contributed by atoms with Crippen molar-refractivity contribution < 1.29 is 8.42 Å². The van der Waals surface area contributed by atoms with Gasteiger partial charge in [-0.25, -0.2) is 8.42 Å². The van der Waals surface area contributed by atoms with Crippen LogP contribution >= 0.6 is 15.9 Å². The van der Waals surface area contributed by atoms with E-state index in [4.69, 9.17) is 5.73 Å². The van der Waals surface area contributed by atoms with Crippen LogP contribution < -0.4 is 5.73 Å². The van der Waals surface area contributed by atoms with E-state index in [2.05, 4.69) is 20.8 Å². The number of nitrogen functional groups attached to an aromatic ring is 1. The highest BCUT2D eigenvalue weighted by atomic mass is 79.9. The first-order valence-electron chi connectivity index (χ1n) is 6.50. The second-order valence-electron chi connectivity index (χ2n) is 5.37. The van der Waals surface area contributed by atoms with Gasteiger partial charge in [-0.15, -0.1) is 0 Å². The van der Waals surface area contributed by atoms with Crippen molar-refractivity contribution in [3.05, 3.63) is 22.7 Å². The molecule has 1 heterocycles. The minimum absolute atomic E-state index is 0.185. The Morgan fingerprint density at radius 1 is 1.25 bits per heavy atom. The number of benzene rings is 1. The molecule has 7 heteroatoms. The number of hydrogen-bond donors (Lipinski definition) is 1. The van der Waals surface area contributed by atoms with Gasteiger partial charge in [-0.3, -0.25) is 4.90 Å². The van der Waals surface area contributed by atoms with Crippen LogP contribution in [0.4, 0.5) is 5.69 Å². The van der Waals surface area contributed by atoms with Crippen molar-refractivity contribution in [2.75, 3.05) is 25.9 Å². The van der Waals surface area contributed by atoms with Crippen molar-refractivity contribution in [1.82, 2.24) is 9.21 Å². The molecule has 1 fully saturated rings. The largest absolute Gasteiger partial charge is 0.398 e. The number of piperazine rings is 1. The highest BCUT2D eigenvalue weighted by Crippen LogP contribution is 2.28. The summed E-state index contributed by atoms with van der Waals surface area (Å²) in [5.41, 5.74) is 6.14. The predicted molar refractivity (Wildman–Crippen MR) is 84.0 cm³/mol. The summed E-state index contributed by atoms with van der Waals surface area (Å²) in [6.07, 6.45) is 0. The van der Waals surface area contributed by atoms with Crippen LogP contribution in [0.2, 0.25) is 0 Å². The third-order valence-corrected chi connectivity index (χ3v) is 6.31. The zero-order valence-electron chi connectivity index (χ0n) is 11.9. The SMILES string of the molecule is CC1CN(S(=O)(=O)c2ccc(Br)cc2N)CC(C)N1C. The maximum atomic E-state index is 12.7. The molecule has 112 valence electrons. The van der Waals surface area contributed by atoms with Crippen LogP contribution in [0, 0.1) is 0 Å². The summed E-state index contributed by atoms with van der Waals surface area (Å²) in [4.78, 5) is 2.38. The first-order valence-corrected chi connectivity index (χ1v) is 8.74. The van der Waals surface area contributed by atoms with Gasteiger partial charge in [0.05, 0.1) is 5.69 Å². The van der Waals surface area contributed by atoms with Crippen molar-refractivity contribution in [1.29, 1.82) is 0 Å². The normalized spacial score (nSPS) is 25.8. The first-order chi connectivity index (χ1) is 9.23. The van der Waals surface area contributed by atoms with Crippen molar-refractivity contribution in [2.45, 2.75) is 30.8 Å². The van der Waals surface area contributed by atoms with Crippen LogP contribution in [0.25, 0.3) is 0 Å². The Balaban J connectivity index is 2.35.